The van der Waals surface area contributed by atoms with E-state index in [1.807, 2.05) is 49.4 Å². The average Bonchev–Trinajstić information content (AvgIpc) is 2.44. The minimum Gasteiger partial charge on any atom is -0.387 e. The summed E-state index contributed by atoms with van der Waals surface area (Å²) in [6, 6.07) is 13.8. The van der Waals surface area contributed by atoms with E-state index < -0.39 is 6.10 Å². The number of carbonyl (C=O) groups excluding carboxylic acids is 1. The van der Waals surface area contributed by atoms with Gasteiger partial charge in [0, 0.05) is 6.42 Å². The number of hydrogen-bond acceptors (Lipinski definition) is 2. The lowest BCUT2D eigenvalue weighted by Gasteiger charge is -2.10. The van der Waals surface area contributed by atoms with E-state index in [-0.39, 0.29) is 5.91 Å². The van der Waals surface area contributed by atoms with Crippen LogP contribution in [0.1, 0.15) is 32.3 Å². The Morgan fingerprint density at radius 2 is 1.90 bits per heavy atom. The Morgan fingerprint density at radius 3 is 2.55 bits per heavy atom. The van der Waals surface area contributed by atoms with Crippen LogP contribution < -0.4 is 0 Å². The topological polar surface area (TPSA) is 49.7 Å². The molecular weight excluding hydrogens is 250 g/mol. The van der Waals surface area contributed by atoms with Crippen molar-refractivity contribution in [3.05, 3.63) is 48.0 Å². The van der Waals surface area contributed by atoms with Crippen molar-refractivity contribution in [3.8, 4) is 0 Å². The second kappa shape index (κ2) is 6.44. The second-order valence-electron chi connectivity index (χ2n) is 4.88. The molecule has 3 heteroatoms. The van der Waals surface area contributed by atoms with Crippen LogP contribution in [0.25, 0.3) is 10.8 Å². The van der Waals surface area contributed by atoms with Gasteiger partial charge in [-0.05, 0) is 35.7 Å². The van der Waals surface area contributed by atoms with Crippen LogP contribution in [0.2, 0.25) is 0 Å². The van der Waals surface area contributed by atoms with Gasteiger partial charge in [0.05, 0.1) is 11.8 Å². The van der Waals surface area contributed by atoms with Crippen LogP contribution in [-0.4, -0.2) is 22.8 Å². The lowest BCUT2D eigenvalue weighted by molar-refractivity contribution is -0.117. The third kappa shape index (κ3) is 3.31. The molecule has 2 aromatic carbocycles. The fourth-order valence-electron chi connectivity index (χ4n) is 2.15. The van der Waals surface area contributed by atoms with Crippen LogP contribution in [0.5, 0.6) is 0 Å². The van der Waals surface area contributed by atoms with Crippen molar-refractivity contribution in [1.82, 2.24) is 0 Å². The summed E-state index contributed by atoms with van der Waals surface area (Å²) in [4.78, 5) is 15.8. The van der Waals surface area contributed by atoms with E-state index >= 15 is 0 Å². The molecule has 0 aromatic heterocycles. The average molecular weight is 269 g/mol. The molecule has 0 radical (unpaired) electrons. The van der Waals surface area contributed by atoms with Crippen molar-refractivity contribution in [2.45, 2.75) is 32.8 Å². The number of nitrogens with zero attached hydrogens (tertiary/aromatic N) is 1. The number of amides is 1. The zero-order valence-corrected chi connectivity index (χ0v) is 11.8. The number of carbonyl (C=O) groups is 1. The van der Waals surface area contributed by atoms with Gasteiger partial charge in [-0.25, -0.2) is 4.99 Å². The maximum Gasteiger partial charge on any atom is 0.246 e. The Morgan fingerprint density at radius 1 is 1.20 bits per heavy atom. The lowest BCUT2D eigenvalue weighted by atomic mass is 10.0. The van der Waals surface area contributed by atoms with Gasteiger partial charge >= 0.3 is 0 Å². The highest BCUT2D eigenvalue weighted by Gasteiger charge is 2.12. The largest absolute Gasteiger partial charge is 0.387 e. The minimum absolute atomic E-state index is 0.184. The molecule has 1 unspecified atom stereocenters. The van der Waals surface area contributed by atoms with Crippen molar-refractivity contribution in [2.24, 2.45) is 4.99 Å². The number of aliphatic imine (C=N–C) groups is 1. The van der Waals surface area contributed by atoms with Gasteiger partial charge in [-0.1, -0.05) is 43.3 Å². The third-order valence-electron chi connectivity index (χ3n) is 3.15. The van der Waals surface area contributed by atoms with Crippen molar-refractivity contribution in [1.29, 1.82) is 0 Å². The monoisotopic (exact) mass is 269 g/mol. The fraction of sp³-hybridized carbons (Fsp3) is 0.294. The summed E-state index contributed by atoms with van der Waals surface area (Å²) in [5.41, 5.74) is 1.23. The summed E-state index contributed by atoms with van der Waals surface area (Å²) in [5, 5.41) is 12.1. The van der Waals surface area contributed by atoms with Crippen LogP contribution in [0.4, 0.5) is 0 Å². The fourth-order valence-corrected chi connectivity index (χ4v) is 2.15. The molecule has 0 heterocycles. The molecule has 0 spiro atoms. The molecule has 0 bridgehead atoms. The number of hydrogen-bond donors (Lipinski definition) is 1. The van der Waals surface area contributed by atoms with E-state index in [9.17, 15) is 9.90 Å². The summed E-state index contributed by atoms with van der Waals surface area (Å²) in [7, 11) is 0. The molecule has 1 amide bonds. The molecule has 104 valence electrons. The predicted molar refractivity (Wildman–Crippen MR) is 82.1 cm³/mol. The Bertz CT molecular complexity index is 644. The molecule has 0 saturated heterocycles. The highest BCUT2D eigenvalue weighted by atomic mass is 16.3. The first-order valence-electron chi connectivity index (χ1n) is 6.90. The van der Waals surface area contributed by atoms with Crippen LogP contribution in [0, 0.1) is 0 Å². The van der Waals surface area contributed by atoms with E-state index in [0.29, 0.717) is 12.1 Å². The molecule has 1 atom stereocenters. The van der Waals surface area contributed by atoms with Crippen LogP contribution in [0.15, 0.2) is 47.5 Å². The molecule has 1 N–H and O–H groups in total. The lowest BCUT2D eigenvalue weighted by Crippen LogP contribution is -2.19. The molecule has 0 aliphatic heterocycles. The van der Waals surface area contributed by atoms with Gasteiger partial charge in [-0.2, -0.15) is 0 Å². The highest BCUT2D eigenvalue weighted by molar-refractivity contribution is 6.10. The number of fused-ring (bicyclic) bond motifs is 1. The van der Waals surface area contributed by atoms with Crippen LogP contribution >= 0.6 is 0 Å². The number of rotatable bonds is 4. The zero-order chi connectivity index (χ0) is 14.5. The summed E-state index contributed by atoms with van der Waals surface area (Å²) in [6.45, 7) is 3.57. The number of aliphatic hydroxyl groups is 1. The summed E-state index contributed by atoms with van der Waals surface area (Å²) >= 11 is 0. The first-order chi connectivity index (χ1) is 9.61. The van der Waals surface area contributed by atoms with E-state index in [0.717, 1.165) is 22.8 Å². The smallest absolute Gasteiger partial charge is 0.246 e. The van der Waals surface area contributed by atoms with E-state index in [1.54, 1.807) is 6.92 Å². The van der Waals surface area contributed by atoms with Crippen molar-refractivity contribution >= 4 is 22.4 Å². The Balaban J connectivity index is 2.44. The second-order valence-corrected chi connectivity index (χ2v) is 4.88. The van der Waals surface area contributed by atoms with Gasteiger partial charge in [0.1, 0.15) is 0 Å². The standard InChI is InChI=1S/C17H19NO2/c1-3-6-16(20)18-17(12(2)19)15-10-9-13-7-4-5-8-14(13)11-15/h4-5,7-12,19H,3,6H2,1-2H3/b18-17+. The van der Waals surface area contributed by atoms with Crippen LogP contribution in [0.3, 0.4) is 0 Å². The van der Waals surface area contributed by atoms with E-state index in [4.69, 9.17) is 0 Å². The van der Waals surface area contributed by atoms with Gasteiger partial charge < -0.3 is 5.11 Å². The molecule has 0 aliphatic rings. The molecule has 0 saturated carbocycles. The molecule has 20 heavy (non-hydrogen) atoms. The molecular formula is C17H19NO2. The van der Waals surface area contributed by atoms with Gasteiger partial charge in [0.2, 0.25) is 5.91 Å². The number of benzene rings is 2. The first-order valence-corrected chi connectivity index (χ1v) is 6.90. The third-order valence-corrected chi connectivity index (χ3v) is 3.15. The predicted octanol–water partition coefficient (Wildman–Crippen LogP) is 3.34. The Hall–Kier alpha value is -2.00. The van der Waals surface area contributed by atoms with Crippen molar-refractivity contribution < 1.29 is 9.90 Å². The zero-order valence-electron chi connectivity index (χ0n) is 11.8. The Kier molecular flexibility index (Phi) is 4.64. The van der Waals surface area contributed by atoms with Gasteiger partial charge in [0.25, 0.3) is 0 Å². The number of aliphatic hydroxyl groups excluding tert-OH is 1. The van der Waals surface area contributed by atoms with Gasteiger partial charge in [-0.3, -0.25) is 4.79 Å². The van der Waals surface area contributed by atoms with Crippen molar-refractivity contribution in [2.75, 3.05) is 0 Å². The summed E-state index contributed by atoms with van der Waals surface area (Å²) < 4.78 is 0. The maximum absolute atomic E-state index is 11.7. The Labute approximate surface area is 119 Å². The van der Waals surface area contributed by atoms with E-state index in [2.05, 4.69) is 4.99 Å². The van der Waals surface area contributed by atoms with E-state index in [1.165, 1.54) is 0 Å². The molecule has 2 aromatic rings. The van der Waals surface area contributed by atoms with Crippen LogP contribution in [-0.2, 0) is 4.79 Å². The highest BCUT2D eigenvalue weighted by Crippen LogP contribution is 2.17. The molecule has 3 nitrogen and oxygen atoms in total. The normalized spacial score (nSPS) is 13.4. The SMILES string of the molecule is CCCC(=O)/N=C(/c1ccc2ccccc2c1)C(C)O. The molecule has 2 rings (SSSR count). The molecule has 0 fully saturated rings. The molecule has 0 aliphatic carbocycles. The first kappa shape index (κ1) is 14.4. The summed E-state index contributed by atoms with van der Waals surface area (Å²) in [6.07, 6.45) is 0.397. The van der Waals surface area contributed by atoms with Gasteiger partial charge in [0.15, 0.2) is 0 Å². The van der Waals surface area contributed by atoms with Crippen molar-refractivity contribution in [3.63, 3.8) is 0 Å². The minimum atomic E-state index is -0.767. The van der Waals surface area contributed by atoms with Gasteiger partial charge in [-0.15, -0.1) is 0 Å². The summed E-state index contributed by atoms with van der Waals surface area (Å²) in [5.74, 6) is -0.184. The quantitative estimate of drug-likeness (QED) is 0.865. The maximum atomic E-state index is 11.7.